The molecule has 0 aromatic heterocycles. The van der Waals surface area contributed by atoms with Gasteiger partial charge in [-0.3, -0.25) is 10.3 Å². The van der Waals surface area contributed by atoms with Crippen LogP contribution in [0.3, 0.4) is 0 Å². The molecule has 0 saturated heterocycles. The number of carbonyl (C=O) groups is 1. The monoisotopic (exact) mass is 373 g/mol. The minimum absolute atomic E-state index is 0.233. The van der Waals surface area contributed by atoms with Gasteiger partial charge in [-0.1, -0.05) is 61.2 Å². The highest BCUT2D eigenvalue weighted by Gasteiger charge is 2.33. The fourth-order valence-electron chi connectivity index (χ4n) is 3.41. The third-order valence-corrected chi connectivity index (χ3v) is 5.17. The van der Waals surface area contributed by atoms with Crippen LogP contribution in [0.4, 0.5) is 0 Å². The molecule has 0 amide bonds. The number of hydroxylamine groups is 1. The summed E-state index contributed by atoms with van der Waals surface area (Å²) in [5, 5.41) is 0.732. The maximum Gasteiger partial charge on any atom is 0.130 e. The Morgan fingerprint density at radius 1 is 1.15 bits per heavy atom. The minimum Gasteiger partial charge on any atom is -0.302 e. The topological polar surface area (TPSA) is 38.3 Å². The molecule has 1 fully saturated rings. The summed E-state index contributed by atoms with van der Waals surface area (Å²) in [5.74, 6) is 0. The number of aldehydes is 1. The molecule has 3 rings (SSSR count). The van der Waals surface area contributed by atoms with Crippen molar-refractivity contribution in [1.29, 1.82) is 0 Å². The van der Waals surface area contributed by atoms with E-state index in [1.807, 2.05) is 30.3 Å². The van der Waals surface area contributed by atoms with Crippen LogP contribution in [0.25, 0.3) is 0 Å². The highest BCUT2D eigenvalue weighted by Crippen LogP contribution is 2.37. The van der Waals surface area contributed by atoms with E-state index in [1.54, 1.807) is 13.3 Å². The number of hydrogen-bond acceptors (Lipinski definition) is 3. The van der Waals surface area contributed by atoms with Crippen molar-refractivity contribution >= 4 is 17.9 Å². The lowest BCUT2D eigenvalue weighted by atomic mass is 9.70. The molecule has 1 aromatic rings. The van der Waals surface area contributed by atoms with Crippen LogP contribution in [0, 0.1) is 0 Å². The second-order valence-electron chi connectivity index (χ2n) is 6.71. The summed E-state index contributed by atoms with van der Waals surface area (Å²) in [4.78, 5) is 16.0. The first kappa shape index (κ1) is 20.5. The van der Waals surface area contributed by atoms with Crippen LogP contribution in [-0.4, -0.2) is 13.4 Å². The summed E-state index contributed by atoms with van der Waals surface area (Å²) < 4.78 is 0. The Morgan fingerprint density at radius 3 is 2.46 bits per heavy atom. The molecule has 0 heterocycles. The molecule has 0 atom stereocenters. The van der Waals surface area contributed by atoms with Gasteiger partial charge in [-0.05, 0) is 55.0 Å². The van der Waals surface area contributed by atoms with Crippen molar-refractivity contribution in [2.24, 2.45) is 0 Å². The highest BCUT2D eigenvalue weighted by atomic mass is 35.5. The van der Waals surface area contributed by atoms with Gasteiger partial charge < -0.3 is 4.79 Å². The van der Waals surface area contributed by atoms with E-state index in [1.165, 1.54) is 12.0 Å². The van der Waals surface area contributed by atoms with Gasteiger partial charge >= 0.3 is 0 Å². The Morgan fingerprint density at radius 2 is 1.88 bits per heavy atom. The summed E-state index contributed by atoms with van der Waals surface area (Å²) in [7, 11) is 1.60. The molecular weight excluding hydrogens is 346 g/mol. The zero-order chi connectivity index (χ0) is 18.7. The Bertz CT molecular complexity index is 641. The lowest BCUT2D eigenvalue weighted by Crippen LogP contribution is -2.30. The van der Waals surface area contributed by atoms with Crippen molar-refractivity contribution in [1.82, 2.24) is 5.48 Å². The van der Waals surface area contributed by atoms with Crippen LogP contribution in [0.2, 0.25) is 5.02 Å². The average molecular weight is 374 g/mol. The van der Waals surface area contributed by atoms with Crippen molar-refractivity contribution in [3.8, 4) is 0 Å². The first-order valence-corrected chi connectivity index (χ1v) is 9.61. The van der Waals surface area contributed by atoms with Gasteiger partial charge in [0.25, 0.3) is 0 Å². The molecule has 1 N–H and O–H groups in total. The van der Waals surface area contributed by atoms with E-state index >= 15 is 0 Å². The maximum atomic E-state index is 11.3. The molecule has 26 heavy (non-hydrogen) atoms. The molecule has 0 bridgehead atoms. The minimum atomic E-state index is -0.233. The van der Waals surface area contributed by atoms with Gasteiger partial charge in [0.1, 0.15) is 6.29 Å². The fourth-order valence-corrected chi connectivity index (χ4v) is 3.53. The van der Waals surface area contributed by atoms with Gasteiger partial charge in [-0.2, -0.15) is 0 Å². The Hall–Kier alpha value is -1.84. The number of hydrogen-bond donors (Lipinski definition) is 1. The third-order valence-electron chi connectivity index (χ3n) is 4.92. The molecule has 0 aliphatic heterocycles. The number of halogens is 1. The normalized spacial score (nSPS) is 18.6. The zero-order valence-electron chi connectivity index (χ0n) is 15.4. The van der Waals surface area contributed by atoms with Gasteiger partial charge in [0.15, 0.2) is 0 Å². The van der Waals surface area contributed by atoms with Crippen LogP contribution in [0.1, 0.15) is 50.5 Å². The van der Waals surface area contributed by atoms with Gasteiger partial charge in [0, 0.05) is 11.2 Å². The summed E-state index contributed by atoms with van der Waals surface area (Å²) in [6.07, 6.45) is 19.1. The Balaban J connectivity index is 0.000000197. The molecule has 1 aromatic carbocycles. The third kappa shape index (κ3) is 6.15. The zero-order valence-corrected chi connectivity index (χ0v) is 16.2. The lowest BCUT2D eigenvalue weighted by molar-refractivity contribution is -0.113. The second kappa shape index (κ2) is 11.0. The predicted octanol–water partition coefficient (Wildman–Crippen LogP) is 5.67. The summed E-state index contributed by atoms with van der Waals surface area (Å²) in [5.41, 5.74) is 4.87. The molecular formula is C22H28ClNO2. The van der Waals surface area contributed by atoms with Gasteiger partial charge in [-0.15, -0.1) is 0 Å². The Kier molecular flexibility index (Phi) is 8.66. The van der Waals surface area contributed by atoms with E-state index in [2.05, 4.69) is 28.5 Å². The molecule has 2 aliphatic rings. The van der Waals surface area contributed by atoms with Gasteiger partial charge in [0.2, 0.25) is 0 Å². The van der Waals surface area contributed by atoms with Crippen molar-refractivity contribution in [3.63, 3.8) is 0 Å². The van der Waals surface area contributed by atoms with E-state index in [-0.39, 0.29) is 5.41 Å². The highest BCUT2D eigenvalue weighted by molar-refractivity contribution is 6.30. The SMILES string of the molecule is CON/C=C\C1=CC=CCC1.O=CC1(c2ccc(Cl)cc2)CCCCC1. The van der Waals surface area contributed by atoms with Crippen LogP contribution in [0.5, 0.6) is 0 Å². The predicted molar refractivity (Wildman–Crippen MR) is 108 cm³/mol. The number of benzene rings is 1. The summed E-state index contributed by atoms with van der Waals surface area (Å²) in [6, 6.07) is 7.72. The largest absolute Gasteiger partial charge is 0.302 e. The van der Waals surface area contributed by atoms with Gasteiger partial charge in [-0.25, -0.2) is 0 Å². The quantitative estimate of drug-likeness (QED) is 0.534. The van der Waals surface area contributed by atoms with Crippen LogP contribution in [-0.2, 0) is 15.0 Å². The van der Waals surface area contributed by atoms with Crippen molar-refractivity contribution in [3.05, 3.63) is 70.9 Å². The standard InChI is InChI=1S/C13H15ClO.C9H13NO/c14-12-6-4-11(5-7-12)13(10-15)8-2-1-3-9-13;1-11-10-8-7-9-5-3-2-4-6-9/h4-7,10H,1-3,8-9H2;2-3,5,7-8,10H,4,6H2,1H3/b;8-7-. The number of allylic oxidation sites excluding steroid dienone is 5. The molecule has 1 saturated carbocycles. The molecule has 140 valence electrons. The smallest absolute Gasteiger partial charge is 0.130 e. The average Bonchev–Trinajstić information content (AvgIpc) is 2.70. The van der Waals surface area contributed by atoms with Crippen LogP contribution < -0.4 is 5.48 Å². The van der Waals surface area contributed by atoms with Crippen LogP contribution in [0.15, 0.2) is 60.3 Å². The van der Waals surface area contributed by atoms with Crippen molar-refractivity contribution in [2.45, 2.75) is 50.4 Å². The maximum absolute atomic E-state index is 11.3. The molecule has 2 aliphatic carbocycles. The number of carbonyl (C=O) groups excluding carboxylic acids is 1. The van der Waals surface area contributed by atoms with E-state index in [0.29, 0.717) is 0 Å². The van der Waals surface area contributed by atoms with Crippen molar-refractivity contribution in [2.75, 3.05) is 7.11 Å². The molecule has 3 nitrogen and oxygen atoms in total. The lowest BCUT2D eigenvalue weighted by Gasteiger charge is -2.32. The number of rotatable bonds is 5. The first-order chi connectivity index (χ1) is 12.7. The van der Waals surface area contributed by atoms with Crippen LogP contribution >= 0.6 is 11.6 Å². The first-order valence-electron chi connectivity index (χ1n) is 9.23. The molecule has 0 radical (unpaired) electrons. The Labute approximate surface area is 161 Å². The summed E-state index contributed by atoms with van der Waals surface area (Å²) in [6.45, 7) is 0. The van der Waals surface area contributed by atoms with Crippen molar-refractivity contribution < 1.29 is 9.63 Å². The second-order valence-corrected chi connectivity index (χ2v) is 7.14. The fraction of sp³-hybridized carbons (Fsp3) is 0.409. The van der Waals surface area contributed by atoms with E-state index < -0.39 is 0 Å². The molecule has 0 unspecified atom stereocenters. The van der Waals surface area contributed by atoms with E-state index in [9.17, 15) is 4.79 Å². The van der Waals surface area contributed by atoms with Gasteiger partial charge in [0.05, 0.1) is 12.5 Å². The van der Waals surface area contributed by atoms with E-state index in [4.69, 9.17) is 11.6 Å². The molecule has 0 spiro atoms. The van der Waals surface area contributed by atoms with E-state index in [0.717, 1.165) is 55.4 Å². The summed E-state index contributed by atoms with van der Waals surface area (Å²) >= 11 is 5.85. The molecule has 4 heteroatoms. The number of nitrogens with one attached hydrogen (secondary N) is 1.